The zero-order valence-corrected chi connectivity index (χ0v) is 19.0. The van der Waals surface area contributed by atoms with Crippen LogP contribution in [0.5, 0.6) is 11.9 Å². The van der Waals surface area contributed by atoms with E-state index in [9.17, 15) is 13.6 Å². The molecule has 4 rings (SSSR count). The molecule has 4 aromatic rings. The second-order valence-corrected chi connectivity index (χ2v) is 8.52. The van der Waals surface area contributed by atoms with Gasteiger partial charge in [-0.05, 0) is 12.1 Å². The third-order valence-corrected chi connectivity index (χ3v) is 5.25. The fourth-order valence-electron chi connectivity index (χ4n) is 2.59. The molecular formula is C19H16F2N7O3PS. The minimum Gasteiger partial charge on any atom is -0.481 e. The maximum absolute atomic E-state index is 12.9. The van der Waals surface area contributed by atoms with Crippen LogP contribution in [-0.4, -0.2) is 54.3 Å². The molecule has 170 valence electrons. The highest BCUT2D eigenvalue weighted by atomic mass is 32.1. The fourth-order valence-corrected chi connectivity index (χ4v) is 3.49. The van der Waals surface area contributed by atoms with Crippen molar-refractivity contribution in [2.24, 2.45) is 0 Å². The maximum atomic E-state index is 12.9. The second kappa shape index (κ2) is 9.59. The largest absolute Gasteiger partial charge is 0.481 e. The number of methoxy groups -OCH3 is 1. The number of pyridine rings is 1. The van der Waals surface area contributed by atoms with Gasteiger partial charge in [0.2, 0.25) is 5.88 Å². The molecule has 0 saturated carbocycles. The Morgan fingerprint density at radius 3 is 2.48 bits per heavy atom. The van der Waals surface area contributed by atoms with Crippen LogP contribution in [0.15, 0.2) is 47.7 Å². The van der Waals surface area contributed by atoms with Gasteiger partial charge in [0.05, 0.1) is 19.3 Å². The summed E-state index contributed by atoms with van der Waals surface area (Å²) in [5, 5.41) is 13.8. The van der Waals surface area contributed by atoms with Crippen molar-refractivity contribution in [1.29, 1.82) is 0 Å². The standard InChI is InChI=1S/C19H16F2N7O3PS/c1-30-14-4-2-11(6-22-14)17-26-25-15(33-17)9-28-16(29)5-3-13(27-28)12-7-23-18(24-8-12)31-10-19(20,21)32/h2-8H,9-10,32H2,1H3. The van der Waals surface area contributed by atoms with Crippen LogP contribution in [0.3, 0.4) is 0 Å². The molecule has 0 amide bonds. The molecule has 4 aromatic heterocycles. The number of nitrogens with zero attached hydrogens (tertiary/aromatic N) is 7. The van der Waals surface area contributed by atoms with E-state index < -0.39 is 12.3 Å². The average molecular weight is 491 g/mol. The molecule has 0 fully saturated rings. The summed E-state index contributed by atoms with van der Waals surface area (Å²) in [5.74, 6) is 0.488. The van der Waals surface area contributed by atoms with E-state index in [1.807, 2.05) is 6.07 Å². The van der Waals surface area contributed by atoms with Gasteiger partial charge in [0.1, 0.15) is 10.0 Å². The summed E-state index contributed by atoms with van der Waals surface area (Å²) in [6.07, 6.45) is 4.38. The van der Waals surface area contributed by atoms with Crippen molar-refractivity contribution >= 4 is 20.6 Å². The van der Waals surface area contributed by atoms with Crippen molar-refractivity contribution in [2.75, 3.05) is 13.7 Å². The van der Waals surface area contributed by atoms with Crippen LogP contribution in [0.4, 0.5) is 8.78 Å². The normalized spacial score (nSPS) is 11.4. The summed E-state index contributed by atoms with van der Waals surface area (Å²) in [6.45, 7) is -0.754. The topological polar surface area (TPSA) is 118 Å². The van der Waals surface area contributed by atoms with Crippen molar-refractivity contribution in [3.05, 3.63) is 58.2 Å². The summed E-state index contributed by atoms with van der Waals surface area (Å²) in [5.41, 5.74) is -1.73. The molecule has 0 aliphatic rings. The van der Waals surface area contributed by atoms with Gasteiger partial charge in [0.25, 0.3) is 11.2 Å². The van der Waals surface area contributed by atoms with Gasteiger partial charge in [0.15, 0.2) is 6.61 Å². The molecule has 0 saturated heterocycles. The first kappa shape index (κ1) is 22.7. The number of hydrogen-bond donors (Lipinski definition) is 0. The van der Waals surface area contributed by atoms with Gasteiger partial charge < -0.3 is 9.47 Å². The average Bonchev–Trinajstić information content (AvgIpc) is 3.28. The molecular weight excluding hydrogens is 475 g/mol. The lowest BCUT2D eigenvalue weighted by Crippen LogP contribution is -2.22. The second-order valence-electron chi connectivity index (χ2n) is 6.61. The van der Waals surface area contributed by atoms with E-state index >= 15 is 0 Å². The maximum Gasteiger partial charge on any atom is 0.316 e. The third kappa shape index (κ3) is 5.88. The van der Waals surface area contributed by atoms with Gasteiger partial charge in [-0.1, -0.05) is 20.6 Å². The van der Waals surface area contributed by atoms with Crippen molar-refractivity contribution in [2.45, 2.75) is 12.2 Å². The third-order valence-electron chi connectivity index (χ3n) is 4.13. The van der Waals surface area contributed by atoms with E-state index in [2.05, 4.69) is 30.2 Å². The van der Waals surface area contributed by atoms with Crippen LogP contribution in [0.1, 0.15) is 5.01 Å². The Balaban J connectivity index is 1.50. The molecule has 0 spiro atoms. The number of alkyl halides is 2. The van der Waals surface area contributed by atoms with Crippen molar-refractivity contribution < 1.29 is 18.3 Å². The van der Waals surface area contributed by atoms with Gasteiger partial charge in [-0.3, -0.25) is 4.79 Å². The lowest BCUT2D eigenvalue weighted by Gasteiger charge is -2.10. The number of hydrogen-bond acceptors (Lipinski definition) is 10. The number of aromatic nitrogens is 7. The highest BCUT2D eigenvalue weighted by Crippen LogP contribution is 2.25. The molecule has 1 atom stereocenters. The van der Waals surface area contributed by atoms with E-state index in [-0.39, 0.29) is 18.1 Å². The Hall–Kier alpha value is -3.44. The minimum absolute atomic E-state index is 0.110. The summed E-state index contributed by atoms with van der Waals surface area (Å²) in [6, 6.07) is 6.22. The Morgan fingerprint density at radius 2 is 1.82 bits per heavy atom. The van der Waals surface area contributed by atoms with Crippen LogP contribution in [0.25, 0.3) is 21.8 Å². The lowest BCUT2D eigenvalue weighted by atomic mass is 10.2. The molecule has 4 heterocycles. The molecule has 0 bridgehead atoms. The molecule has 0 N–H and O–H groups in total. The molecule has 0 aromatic carbocycles. The molecule has 33 heavy (non-hydrogen) atoms. The van der Waals surface area contributed by atoms with Crippen molar-refractivity contribution in [3.63, 3.8) is 0 Å². The minimum atomic E-state index is -3.08. The first-order chi connectivity index (χ1) is 15.8. The molecule has 14 heteroatoms. The summed E-state index contributed by atoms with van der Waals surface area (Å²) in [7, 11) is 2.91. The van der Waals surface area contributed by atoms with E-state index in [1.54, 1.807) is 12.3 Å². The van der Waals surface area contributed by atoms with E-state index in [0.29, 0.717) is 27.2 Å². The zero-order valence-electron chi connectivity index (χ0n) is 17.1. The predicted molar refractivity (Wildman–Crippen MR) is 118 cm³/mol. The number of rotatable bonds is 8. The Labute approximate surface area is 191 Å². The predicted octanol–water partition coefficient (Wildman–Crippen LogP) is 2.52. The van der Waals surface area contributed by atoms with Crippen LogP contribution in [0.2, 0.25) is 0 Å². The van der Waals surface area contributed by atoms with Gasteiger partial charge in [-0.2, -0.15) is 13.9 Å². The molecule has 0 aliphatic heterocycles. The van der Waals surface area contributed by atoms with E-state index in [1.165, 1.54) is 56.9 Å². The highest BCUT2D eigenvalue weighted by Gasteiger charge is 2.23. The van der Waals surface area contributed by atoms with Crippen LogP contribution in [-0.2, 0) is 6.54 Å². The summed E-state index contributed by atoms with van der Waals surface area (Å²) >= 11 is 1.31. The highest BCUT2D eigenvalue weighted by molar-refractivity contribution is 7.18. The zero-order chi connectivity index (χ0) is 23.4. The first-order valence-electron chi connectivity index (χ1n) is 9.33. The van der Waals surface area contributed by atoms with Gasteiger partial charge in [0, 0.05) is 41.9 Å². The summed E-state index contributed by atoms with van der Waals surface area (Å²) < 4.78 is 36.9. The van der Waals surface area contributed by atoms with Gasteiger partial charge in [-0.25, -0.2) is 19.6 Å². The van der Waals surface area contributed by atoms with Crippen LogP contribution < -0.4 is 15.0 Å². The first-order valence-corrected chi connectivity index (χ1v) is 10.7. The van der Waals surface area contributed by atoms with E-state index in [0.717, 1.165) is 5.56 Å². The van der Waals surface area contributed by atoms with Crippen LogP contribution >= 0.6 is 20.6 Å². The SMILES string of the molecule is COc1ccc(-c2nnc(Cn3nc(-c4cnc(OCC(F)(F)P)nc4)ccc3=O)s2)cn1. The lowest BCUT2D eigenvalue weighted by molar-refractivity contribution is 0.0422. The Morgan fingerprint density at radius 1 is 1.06 bits per heavy atom. The molecule has 0 aliphatic carbocycles. The quantitative estimate of drug-likeness (QED) is 0.343. The van der Waals surface area contributed by atoms with Crippen molar-refractivity contribution in [3.8, 4) is 33.7 Å². The van der Waals surface area contributed by atoms with Gasteiger partial charge >= 0.3 is 6.01 Å². The van der Waals surface area contributed by atoms with Gasteiger partial charge in [-0.15, -0.1) is 10.2 Å². The molecule has 10 nitrogen and oxygen atoms in total. The Kier molecular flexibility index (Phi) is 6.61. The smallest absolute Gasteiger partial charge is 0.316 e. The van der Waals surface area contributed by atoms with Crippen molar-refractivity contribution in [1.82, 2.24) is 34.9 Å². The fraction of sp³-hybridized carbons (Fsp3) is 0.211. The monoisotopic (exact) mass is 491 g/mol. The Bertz CT molecular complexity index is 1290. The van der Waals surface area contributed by atoms with E-state index in [4.69, 9.17) is 9.47 Å². The van der Waals surface area contributed by atoms with Crippen LogP contribution in [0, 0.1) is 0 Å². The molecule has 1 unspecified atom stereocenters. The number of ether oxygens (including phenoxy) is 2. The summed E-state index contributed by atoms with van der Waals surface area (Å²) in [4.78, 5) is 24.3. The number of halogens is 2. The molecule has 0 radical (unpaired) electrons.